The third kappa shape index (κ3) is 5.33. The standard InChI is InChI=1S/C17H15F3N6O4/c18-17(19,20)12-2-1-3-14(8-12)30-11-25-6-4-15(23-25)16(27)21-5-7-24-10-13(9-22-24)26(28)29/h1-4,6,8-10H,5,7,11H2,(H,21,27). The van der Waals surface area contributed by atoms with Gasteiger partial charge in [-0.2, -0.15) is 23.4 Å². The first kappa shape index (κ1) is 20.8. The van der Waals surface area contributed by atoms with E-state index in [1.54, 1.807) is 0 Å². The first-order valence-corrected chi connectivity index (χ1v) is 8.51. The highest BCUT2D eigenvalue weighted by molar-refractivity contribution is 5.92. The number of aromatic nitrogens is 4. The van der Waals surface area contributed by atoms with Crippen LogP contribution in [0.25, 0.3) is 0 Å². The molecule has 0 spiro atoms. The van der Waals surface area contributed by atoms with Crippen molar-refractivity contribution in [3.8, 4) is 5.75 Å². The van der Waals surface area contributed by atoms with E-state index >= 15 is 0 Å². The fourth-order valence-electron chi connectivity index (χ4n) is 2.40. The predicted molar refractivity (Wildman–Crippen MR) is 95.5 cm³/mol. The Morgan fingerprint density at radius 2 is 2.07 bits per heavy atom. The minimum Gasteiger partial charge on any atom is -0.471 e. The number of hydrogen-bond acceptors (Lipinski definition) is 6. The van der Waals surface area contributed by atoms with Crippen molar-refractivity contribution in [1.29, 1.82) is 0 Å². The first-order chi connectivity index (χ1) is 14.2. The van der Waals surface area contributed by atoms with Gasteiger partial charge >= 0.3 is 11.9 Å². The summed E-state index contributed by atoms with van der Waals surface area (Å²) in [5.74, 6) is -0.478. The van der Waals surface area contributed by atoms with Crippen LogP contribution in [-0.4, -0.2) is 36.9 Å². The summed E-state index contributed by atoms with van der Waals surface area (Å²) < 4.78 is 46.0. The molecule has 10 nitrogen and oxygen atoms in total. The average molecular weight is 424 g/mol. The zero-order valence-corrected chi connectivity index (χ0v) is 15.2. The summed E-state index contributed by atoms with van der Waals surface area (Å²) in [4.78, 5) is 22.1. The highest BCUT2D eigenvalue weighted by Gasteiger charge is 2.30. The molecule has 0 fully saturated rings. The molecule has 30 heavy (non-hydrogen) atoms. The number of halogens is 3. The molecule has 0 radical (unpaired) electrons. The van der Waals surface area contributed by atoms with Crippen LogP contribution in [0.15, 0.2) is 48.9 Å². The average Bonchev–Trinajstić information content (AvgIpc) is 3.36. The van der Waals surface area contributed by atoms with Gasteiger partial charge in [0.25, 0.3) is 5.91 Å². The van der Waals surface area contributed by atoms with Gasteiger partial charge in [0.2, 0.25) is 0 Å². The van der Waals surface area contributed by atoms with Gasteiger partial charge in [0.15, 0.2) is 6.73 Å². The van der Waals surface area contributed by atoms with E-state index in [2.05, 4.69) is 15.5 Å². The summed E-state index contributed by atoms with van der Waals surface area (Å²) >= 11 is 0. The van der Waals surface area contributed by atoms with Crippen LogP contribution < -0.4 is 10.1 Å². The van der Waals surface area contributed by atoms with E-state index in [1.807, 2.05) is 0 Å². The molecule has 0 aliphatic carbocycles. The normalized spacial score (nSPS) is 11.3. The Kier molecular flexibility index (Phi) is 5.99. The van der Waals surface area contributed by atoms with E-state index in [9.17, 15) is 28.1 Å². The maximum absolute atomic E-state index is 12.7. The second kappa shape index (κ2) is 8.63. The van der Waals surface area contributed by atoms with Crippen molar-refractivity contribution in [1.82, 2.24) is 24.9 Å². The van der Waals surface area contributed by atoms with Gasteiger partial charge in [-0.1, -0.05) is 6.07 Å². The molecular formula is C17H15F3N6O4. The first-order valence-electron chi connectivity index (χ1n) is 8.51. The van der Waals surface area contributed by atoms with E-state index in [-0.39, 0.29) is 37.0 Å². The minimum atomic E-state index is -4.47. The number of carbonyl (C=O) groups excluding carboxylic acids is 1. The molecule has 0 bridgehead atoms. The van der Waals surface area contributed by atoms with E-state index in [0.29, 0.717) is 0 Å². The fraction of sp³-hybridized carbons (Fsp3) is 0.235. The largest absolute Gasteiger partial charge is 0.471 e. The predicted octanol–water partition coefficient (Wildman–Crippen LogP) is 2.47. The number of nitrogens with one attached hydrogen (secondary N) is 1. The molecule has 1 N–H and O–H groups in total. The topological polar surface area (TPSA) is 117 Å². The summed E-state index contributed by atoms with van der Waals surface area (Å²) in [7, 11) is 0. The maximum atomic E-state index is 12.7. The molecule has 0 aliphatic heterocycles. The van der Waals surface area contributed by atoms with E-state index in [1.165, 1.54) is 40.0 Å². The van der Waals surface area contributed by atoms with Gasteiger partial charge in [0.1, 0.15) is 23.8 Å². The van der Waals surface area contributed by atoms with Crippen molar-refractivity contribution < 1.29 is 27.6 Å². The number of benzene rings is 1. The Balaban J connectivity index is 1.49. The molecule has 1 aromatic carbocycles. The smallest absolute Gasteiger partial charge is 0.416 e. The number of nitro groups is 1. The van der Waals surface area contributed by atoms with E-state index in [4.69, 9.17) is 4.74 Å². The lowest BCUT2D eigenvalue weighted by Gasteiger charge is -2.10. The Labute approximate surface area is 167 Å². The second-order valence-corrected chi connectivity index (χ2v) is 6.01. The quantitative estimate of drug-likeness (QED) is 0.439. The zero-order valence-electron chi connectivity index (χ0n) is 15.2. The van der Waals surface area contributed by atoms with Gasteiger partial charge in [0.05, 0.1) is 17.0 Å². The number of ether oxygens (including phenoxy) is 1. The summed E-state index contributed by atoms with van der Waals surface area (Å²) in [6.45, 7) is 0.190. The SMILES string of the molecule is O=C(NCCn1cc([N+](=O)[O-])cn1)c1ccn(COc2cccc(C(F)(F)F)c2)n1. The maximum Gasteiger partial charge on any atom is 0.416 e. The Bertz CT molecular complexity index is 1050. The fourth-order valence-corrected chi connectivity index (χ4v) is 2.40. The van der Waals surface area contributed by atoms with Crippen LogP contribution in [0.3, 0.4) is 0 Å². The van der Waals surface area contributed by atoms with Crippen LogP contribution >= 0.6 is 0 Å². The molecule has 158 valence electrons. The van der Waals surface area contributed by atoms with Crippen molar-refractivity contribution in [2.24, 2.45) is 0 Å². The van der Waals surface area contributed by atoms with Crippen molar-refractivity contribution in [2.75, 3.05) is 6.54 Å². The number of amides is 1. The van der Waals surface area contributed by atoms with Crippen molar-refractivity contribution in [2.45, 2.75) is 19.5 Å². The Morgan fingerprint density at radius 3 is 2.77 bits per heavy atom. The second-order valence-electron chi connectivity index (χ2n) is 6.01. The van der Waals surface area contributed by atoms with Gasteiger partial charge in [-0.25, -0.2) is 4.68 Å². The van der Waals surface area contributed by atoms with Crippen LogP contribution in [0.1, 0.15) is 16.1 Å². The lowest BCUT2D eigenvalue weighted by molar-refractivity contribution is -0.385. The van der Waals surface area contributed by atoms with Crippen LogP contribution in [0.2, 0.25) is 0 Å². The third-order valence-electron chi connectivity index (χ3n) is 3.86. The number of hydrogen-bond donors (Lipinski definition) is 1. The van der Waals surface area contributed by atoms with E-state index in [0.717, 1.165) is 18.3 Å². The van der Waals surface area contributed by atoms with Gasteiger partial charge in [-0.3, -0.25) is 19.6 Å². The monoisotopic (exact) mass is 424 g/mol. The lowest BCUT2D eigenvalue weighted by atomic mass is 10.2. The molecule has 1 amide bonds. The number of nitrogens with zero attached hydrogens (tertiary/aromatic N) is 5. The van der Waals surface area contributed by atoms with Crippen molar-refractivity contribution in [3.63, 3.8) is 0 Å². The Hall–Kier alpha value is -3.90. The van der Waals surface area contributed by atoms with Gasteiger partial charge in [0, 0.05) is 12.7 Å². The number of carbonyl (C=O) groups is 1. The van der Waals surface area contributed by atoms with Gasteiger partial charge in [-0.15, -0.1) is 0 Å². The van der Waals surface area contributed by atoms with Crippen LogP contribution in [0.4, 0.5) is 18.9 Å². The molecule has 2 heterocycles. The molecule has 0 saturated carbocycles. The van der Waals surface area contributed by atoms with E-state index < -0.39 is 22.6 Å². The van der Waals surface area contributed by atoms with Crippen molar-refractivity contribution >= 4 is 11.6 Å². The molecule has 3 aromatic rings. The van der Waals surface area contributed by atoms with Crippen LogP contribution in [-0.2, 0) is 19.5 Å². The number of rotatable bonds is 8. The molecule has 0 aliphatic rings. The molecule has 13 heteroatoms. The minimum absolute atomic E-state index is 0.0136. The summed E-state index contributed by atoms with van der Waals surface area (Å²) in [5, 5.41) is 21.0. The van der Waals surface area contributed by atoms with Crippen LogP contribution in [0, 0.1) is 10.1 Å². The highest BCUT2D eigenvalue weighted by Crippen LogP contribution is 2.31. The summed E-state index contributed by atoms with van der Waals surface area (Å²) in [5.41, 5.74) is -0.905. The molecule has 0 saturated heterocycles. The number of alkyl halides is 3. The summed E-state index contributed by atoms with van der Waals surface area (Å²) in [6, 6.07) is 5.84. The van der Waals surface area contributed by atoms with Gasteiger partial charge < -0.3 is 10.1 Å². The molecule has 2 aromatic heterocycles. The molecule has 3 rings (SSSR count). The molecular weight excluding hydrogens is 409 g/mol. The summed E-state index contributed by atoms with van der Waals surface area (Å²) in [6.07, 6.45) is -0.684. The molecule has 0 unspecified atom stereocenters. The lowest BCUT2D eigenvalue weighted by Crippen LogP contribution is -2.28. The zero-order chi connectivity index (χ0) is 21.7. The molecule has 0 atom stereocenters. The van der Waals surface area contributed by atoms with Gasteiger partial charge in [-0.05, 0) is 24.3 Å². The highest BCUT2D eigenvalue weighted by atomic mass is 19.4. The Morgan fingerprint density at radius 1 is 1.27 bits per heavy atom. The van der Waals surface area contributed by atoms with Crippen LogP contribution in [0.5, 0.6) is 5.75 Å². The third-order valence-corrected chi connectivity index (χ3v) is 3.86. The van der Waals surface area contributed by atoms with Crippen molar-refractivity contribution in [3.05, 3.63) is 70.3 Å².